The van der Waals surface area contributed by atoms with E-state index < -0.39 is 0 Å². The van der Waals surface area contributed by atoms with Crippen LogP contribution in [0, 0.1) is 0 Å². The van der Waals surface area contributed by atoms with E-state index in [9.17, 15) is 4.79 Å². The zero-order valence-corrected chi connectivity index (χ0v) is 15.9. The number of nitrogens with two attached hydrogens (primary N) is 1. The number of nitrogen functional groups attached to an aromatic ring is 1. The Kier molecular flexibility index (Phi) is 5.12. The van der Waals surface area contributed by atoms with Gasteiger partial charge in [-0.15, -0.1) is 0 Å². The minimum atomic E-state index is 0.0574. The first kappa shape index (κ1) is 18.2. The molecule has 4 N–H and O–H groups in total. The highest BCUT2D eigenvalue weighted by atomic mass is 16.1. The number of carbonyl (C=O) groups excluding carboxylic acids is 1. The molecule has 0 atom stereocenters. The fourth-order valence-corrected chi connectivity index (χ4v) is 3.64. The summed E-state index contributed by atoms with van der Waals surface area (Å²) in [6.45, 7) is 2.22. The molecule has 4 rings (SSSR count). The maximum atomic E-state index is 11.5. The lowest BCUT2D eigenvalue weighted by Crippen LogP contribution is -2.43. The lowest BCUT2D eigenvalue weighted by atomic mass is 10.1. The van der Waals surface area contributed by atoms with Crippen LogP contribution in [0.3, 0.4) is 0 Å². The van der Waals surface area contributed by atoms with Crippen molar-refractivity contribution in [1.82, 2.24) is 24.8 Å². The molecule has 1 saturated heterocycles. The zero-order valence-electron chi connectivity index (χ0n) is 15.9. The fourth-order valence-electron chi connectivity index (χ4n) is 3.64. The Morgan fingerprint density at radius 2 is 2.07 bits per heavy atom. The Bertz CT molecular complexity index is 976. The van der Waals surface area contributed by atoms with Crippen LogP contribution in [-0.2, 0) is 4.79 Å². The Labute approximate surface area is 163 Å². The topological polar surface area (TPSA) is 101 Å². The van der Waals surface area contributed by atoms with Gasteiger partial charge in [0.15, 0.2) is 0 Å². The summed E-state index contributed by atoms with van der Waals surface area (Å²) in [4.78, 5) is 22.8. The molecule has 1 amide bonds. The second-order valence-corrected chi connectivity index (χ2v) is 7.07. The number of nitrogens with one attached hydrogen (secondary N) is 2. The van der Waals surface area contributed by atoms with Crippen LogP contribution in [0.5, 0.6) is 0 Å². The largest absolute Gasteiger partial charge is 0.398 e. The number of hydrogen-bond donors (Lipinski definition) is 3. The van der Waals surface area contributed by atoms with Crippen LogP contribution >= 0.6 is 0 Å². The van der Waals surface area contributed by atoms with Crippen molar-refractivity contribution in [3.8, 4) is 5.82 Å². The number of carbonyl (C=O) groups is 1. The van der Waals surface area contributed by atoms with Gasteiger partial charge in [-0.25, -0.2) is 4.98 Å². The number of likely N-dealkylation sites (tertiary alicyclic amines) is 1. The maximum absolute atomic E-state index is 11.5. The predicted molar refractivity (Wildman–Crippen MR) is 110 cm³/mol. The molecule has 1 fully saturated rings. The van der Waals surface area contributed by atoms with E-state index in [4.69, 9.17) is 10.7 Å². The van der Waals surface area contributed by atoms with Gasteiger partial charge in [-0.2, -0.15) is 4.98 Å². The molecule has 0 unspecified atom stereocenters. The van der Waals surface area contributed by atoms with Crippen molar-refractivity contribution in [2.75, 3.05) is 37.7 Å². The third-order valence-electron chi connectivity index (χ3n) is 5.22. The van der Waals surface area contributed by atoms with E-state index in [1.807, 2.05) is 41.1 Å². The van der Waals surface area contributed by atoms with E-state index in [-0.39, 0.29) is 5.91 Å². The second-order valence-electron chi connectivity index (χ2n) is 7.07. The van der Waals surface area contributed by atoms with Gasteiger partial charge in [0.1, 0.15) is 5.82 Å². The number of amides is 1. The third kappa shape index (κ3) is 3.77. The summed E-state index contributed by atoms with van der Waals surface area (Å²) < 4.78 is 2.02. The number of piperidine rings is 1. The number of anilines is 2. The molecule has 1 aliphatic heterocycles. The molecule has 0 saturated carbocycles. The molecule has 2 aromatic heterocycles. The summed E-state index contributed by atoms with van der Waals surface area (Å²) in [5, 5.41) is 7.13. The SMILES string of the molecule is CNC(=O)CN1CCC(Nc2nccc(-n3ccc4c(N)cccc43)n2)CC1. The van der Waals surface area contributed by atoms with Crippen LogP contribution in [0.4, 0.5) is 11.6 Å². The third-order valence-corrected chi connectivity index (χ3v) is 5.22. The van der Waals surface area contributed by atoms with Gasteiger partial charge in [-0.3, -0.25) is 9.69 Å². The maximum Gasteiger partial charge on any atom is 0.233 e. The van der Waals surface area contributed by atoms with Gasteiger partial charge in [-0.1, -0.05) is 6.07 Å². The average molecular weight is 379 g/mol. The number of rotatable bonds is 5. The summed E-state index contributed by atoms with van der Waals surface area (Å²) in [5.74, 6) is 1.48. The molecular weight excluding hydrogens is 354 g/mol. The van der Waals surface area contributed by atoms with E-state index >= 15 is 0 Å². The molecule has 0 spiro atoms. The molecular formula is C20H25N7O. The van der Waals surface area contributed by atoms with E-state index in [1.54, 1.807) is 13.2 Å². The lowest BCUT2D eigenvalue weighted by Gasteiger charge is -2.31. The van der Waals surface area contributed by atoms with Gasteiger partial charge >= 0.3 is 0 Å². The van der Waals surface area contributed by atoms with E-state index in [0.717, 1.165) is 48.3 Å². The number of fused-ring (bicyclic) bond motifs is 1. The fraction of sp³-hybridized carbons (Fsp3) is 0.350. The van der Waals surface area contributed by atoms with Crippen LogP contribution in [0.25, 0.3) is 16.7 Å². The van der Waals surface area contributed by atoms with Crippen LogP contribution in [-0.4, -0.2) is 58.1 Å². The predicted octanol–water partition coefficient (Wildman–Crippen LogP) is 1.62. The molecule has 0 bridgehead atoms. The van der Waals surface area contributed by atoms with Gasteiger partial charge in [-0.05, 0) is 37.1 Å². The van der Waals surface area contributed by atoms with Crippen molar-refractivity contribution in [2.45, 2.75) is 18.9 Å². The van der Waals surface area contributed by atoms with Crippen molar-refractivity contribution in [1.29, 1.82) is 0 Å². The molecule has 8 nitrogen and oxygen atoms in total. The quantitative estimate of drug-likeness (QED) is 0.583. The van der Waals surface area contributed by atoms with Crippen LogP contribution in [0.15, 0.2) is 42.7 Å². The van der Waals surface area contributed by atoms with Gasteiger partial charge in [0.25, 0.3) is 0 Å². The van der Waals surface area contributed by atoms with Crippen LogP contribution < -0.4 is 16.4 Å². The summed E-state index contributed by atoms with van der Waals surface area (Å²) in [5.41, 5.74) is 7.84. The minimum absolute atomic E-state index is 0.0574. The minimum Gasteiger partial charge on any atom is -0.398 e. The second kappa shape index (κ2) is 7.85. The monoisotopic (exact) mass is 379 g/mol. The average Bonchev–Trinajstić information content (AvgIpc) is 3.15. The standard InChI is InChI=1S/C20H25N7O/c1-22-19(28)13-26-10-6-14(7-11-26)24-20-23-9-5-18(25-20)27-12-8-15-16(21)3-2-4-17(15)27/h2-5,8-9,12,14H,6-7,10-11,13,21H2,1H3,(H,22,28)(H,23,24,25). The molecule has 1 aromatic carbocycles. The Hall–Kier alpha value is -3.13. The smallest absolute Gasteiger partial charge is 0.233 e. The summed E-state index contributed by atoms with van der Waals surface area (Å²) in [7, 11) is 1.67. The lowest BCUT2D eigenvalue weighted by molar-refractivity contribution is -0.122. The Morgan fingerprint density at radius 1 is 1.25 bits per heavy atom. The molecule has 0 aliphatic carbocycles. The van der Waals surface area contributed by atoms with Crippen molar-refractivity contribution >= 4 is 28.4 Å². The van der Waals surface area contributed by atoms with Crippen molar-refractivity contribution in [3.05, 3.63) is 42.7 Å². The Balaban J connectivity index is 1.45. The zero-order chi connectivity index (χ0) is 19.5. The first-order valence-electron chi connectivity index (χ1n) is 9.52. The number of hydrogen-bond acceptors (Lipinski definition) is 6. The van der Waals surface area contributed by atoms with Crippen LogP contribution in [0.1, 0.15) is 12.8 Å². The van der Waals surface area contributed by atoms with Gasteiger partial charge in [0.05, 0.1) is 12.1 Å². The first-order chi connectivity index (χ1) is 13.6. The molecule has 1 aliphatic rings. The number of nitrogens with zero attached hydrogens (tertiary/aromatic N) is 4. The normalized spacial score (nSPS) is 15.6. The van der Waals surface area contributed by atoms with Crippen molar-refractivity contribution in [3.63, 3.8) is 0 Å². The molecule has 3 heterocycles. The van der Waals surface area contributed by atoms with Gasteiger partial charge in [0.2, 0.25) is 11.9 Å². The van der Waals surface area contributed by atoms with E-state index in [2.05, 4.69) is 20.5 Å². The highest BCUT2D eigenvalue weighted by molar-refractivity contribution is 5.92. The number of aromatic nitrogens is 3. The van der Waals surface area contributed by atoms with E-state index in [1.165, 1.54) is 0 Å². The molecule has 28 heavy (non-hydrogen) atoms. The summed E-state index contributed by atoms with van der Waals surface area (Å²) in [6.07, 6.45) is 5.65. The van der Waals surface area contributed by atoms with Crippen molar-refractivity contribution < 1.29 is 4.79 Å². The highest BCUT2D eigenvalue weighted by Crippen LogP contribution is 2.24. The highest BCUT2D eigenvalue weighted by Gasteiger charge is 2.21. The van der Waals surface area contributed by atoms with Gasteiger partial charge in [0, 0.05) is 49.6 Å². The molecule has 3 aromatic rings. The summed E-state index contributed by atoms with van der Waals surface area (Å²) in [6, 6.07) is 10.1. The number of likely N-dealkylation sites (N-methyl/N-ethyl adjacent to an activating group) is 1. The number of benzene rings is 1. The van der Waals surface area contributed by atoms with E-state index in [0.29, 0.717) is 18.5 Å². The Morgan fingerprint density at radius 3 is 2.86 bits per heavy atom. The molecule has 8 heteroatoms. The first-order valence-corrected chi connectivity index (χ1v) is 9.52. The van der Waals surface area contributed by atoms with Crippen molar-refractivity contribution in [2.24, 2.45) is 0 Å². The molecule has 0 radical (unpaired) electrons. The van der Waals surface area contributed by atoms with Crippen LogP contribution in [0.2, 0.25) is 0 Å². The summed E-state index contributed by atoms with van der Waals surface area (Å²) >= 11 is 0. The van der Waals surface area contributed by atoms with Gasteiger partial charge < -0.3 is 20.9 Å². The molecule has 146 valence electrons.